The fraction of sp³-hybridized carbons (Fsp3) is 0.118. The second-order valence-electron chi connectivity index (χ2n) is 5.11. The van der Waals surface area contributed by atoms with Crippen molar-refractivity contribution in [3.63, 3.8) is 0 Å². The first kappa shape index (κ1) is 16.3. The molecule has 0 atom stereocenters. The monoisotopic (exact) mass is 340 g/mol. The maximum absolute atomic E-state index is 12.2. The number of ether oxygens (including phenoxy) is 2. The van der Waals surface area contributed by atoms with Gasteiger partial charge in [-0.05, 0) is 30.3 Å². The zero-order chi connectivity index (χ0) is 17.8. The molecule has 2 amide bonds. The van der Waals surface area contributed by atoms with Crippen molar-refractivity contribution >= 4 is 34.2 Å². The largest absolute Gasteiger partial charge is 0.497 e. The first-order valence-corrected chi connectivity index (χ1v) is 7.38. The molecule has 2 aromatic carbocycles. The Morgan fingerprint density at radius 2 is 1.80 bits per heavy atom. The molecule has 8 heteroatoms. The van der Waals surface area contributed by atoms with Crippen molar-refractivity contribution in [2.75, 3.05) is 24.9 Å². The molecule has 3 aromatic rings. The highest BCUT2D eigenvalue weighted by molar-refractivity contribution is 6.43. The number of hydrogen-bond donors (Lipinski definition) is 3. The minimum atomic E-state index is -0.823. The molecule has 0 radical (unpaired) electrons. The number of carbonyl (C=O) groups is 2. The molecule has 128 valence electrons. The number of hydrogen-bond acceptors (Lipinski definition) is 5. The number of amides is 2. The smallest absolute Gasteiger partial charge is 0.314 e. The predicted octanol–water partition coefficient (Wildman–Crippen LogP) is 2.16. The molecule has 0 aliphatic heterocycles. The number of nitrogens with one attached hydrogen (secondary N) is 3. The Balaban J connectivity index is 1.73. The molecule has 0 saturated carbocycles. The van der Waals surface area contributed by atoms with Crippen LogP contribution in [-0.2, 0) is 9.59 Å². The van der Waals surface area contributed by atoms with Gasteiger partial charge < -0.3 is 25.1 Å². The van der Waals surface area contributed by atoms with Crippen molar-refractivity contribution in [3.8, 4) is 11.5 Å². The Hall–Kier alpha value is -3.55. The zero-order valence-corrected chi connectivity index (χ0v) is 13.6. The third kappa shape index (κ3) is 3.52. The summed E-state index contributed by atoms with van der Waals surface area (Å²) in [5, 5.41) is 5.05. The summed E-state index contributed by atoms with van der Waals surface area (Å²) in [6.07, 6.45) is 1.55. The van der Waals surface area contributed by atoms with E-state index in [9.17, 15) is 9.59 Å². The van der Waals surface area contributed by atoms with Crippen molar-refractivity contribution < 1.29 is 19.1 Å². The van der Waals surface area contributed by atoms with Gasteiger partial charge in [0, 0.05) is 11.8 Å². The summed E-state index contributed by atoms with van der Waals surface area (Å²) in [4.78, 5) is 31.3. The van der Waals surface area contributed by atoms with Crippen LogP contribution in [0.5, 0.6) is 11.5 Å². The Bertz CT molecular complexity index is 935. The summed E-state index contributed by atoms with van der Waals surface area (Å²) < 4.78 is 10.3. The Morgan fingerprint density at radius 3 is 2.56 bits per heavy atom. The van der Waals surface area contributed by atoms with Crippen LogP contribution in [0.25, 0.3) is 11.0 Å². The van der Waals surface area contributed by atoms with Gasteiger partial charge in [0.25, 0.3) is 0 Å². The van der Waals surface area contributed by atoms with Crippen LogP contribution >= 0.6 is 0 Å². The van der Waals surface area contributed by atoms with Gasteiger partial charge in [-0.15, -0.1) is 0 Å². The van der Waals surface area contributed by atoms with Crippen LogP contribution in [0.15, 0.2) is 42.7 Å². The van der Waals surface area contributed by atoms with E-state index in [0.717, 1.165) is 11.0 Å². The summed E-state index contributed by atoms with van der Waals surface area (Å²) >= 11 is 0. The predicted molar refractivity (Wildman–Crippen MR) is 92.9 cm³/mol. The van der Waals surface area contributed by atoms with Gasteiger partial charge in [-0.25, -0.2) is 4.98 Å². The van der Waals surface area contributed by atoms with Gasteiger partial charge in [-0.2, -0.15) is 0 Å². The molecule has 3 rings (SSSR count). The Labute approximate surface area is 143 Å². The number of methoxy groups -OCH3 is 2. The Morgan fingerprint density at radius 1 is 1.00 bits per heavy atom. The topological polar surface area (TPSA) is 105 Å². The summed E-state index contributed by atoms with van der Waals surface area (Å²) in [6.45, 7) is 0. The van der Waals surface area contributed by atoms with Crippen molar-refractivity contribution in [2.45, 2.75) is 0 Å². The lowest BCUT2D eigenvalue weighted by atomic mass is 10.2. The van der Waals surface area contributed by atoms with E-state index in [4.69, 9.17) is 9.47 Å². The number of nitrogens with zero attached hydrogens (tertiary/aromatic N) is 1. The molecular weight excluding hydrogens is 324 g/mol. The van der Waals surface area contributed by atoms with Crippen LogP contribution in [-0.4, -0.2) is 36.0 Å². The van der Waals surface area contributed by atoms with Crippen molar-refractivity contribution in [1.82, 2.24) is 9.97 Å². The molecule has 0 bridgehead atoms. The minimum absolute atomic E-state index is 0.339. The second kappa shape index (κ2) is 6.91. The van der Waals surface area contributed by atoms with Crippen LogP contribution < -0.4 is 20.1 Å². The summed E-state index contributed by atoms with van der Waals surface area (Å²) in [7, 11) is 2.98. The normalized spacial score (nSPS) is 10.3. The summed E-state index contributed by atoms with van der Waals surface area (Å²) in [5.41, 5.74) is 2.34. The van der Waals surface area contributed by atoms with Crippen LogP contribution in [0, 0.1) is 0 Å². The number of rotatable bonds is 4. The van der Waals surface area contributed by atoms with Crippen LogP contribution in [0.1, 0.15) is 0 Å². The molecular formula is C17H16N4O4. The number of imidazole rings is 1. The molecule has 25 heavy (non-hydrogen) atoms. The molecule has 3 N–H and O–H groups in total. The number of carbonyl (C=O) groups excluding carboxylic acids is 2. The summed E-state index contributed by atoms with van der Waals surface area (Å²) in [6, 6.07) is 10.00. The quantitative estimate of drug-likeness (QED) is 0.631. The van der Waals surface area contributed by atoms with Crippen molar-refractivity contribution in [2.24, 2.45) is 0 Å². The summed E-state index contributed by atoms with van der Waals surface area (Å²) in [5.74, 6) is -0.679. The minimum Gasteiger partial charge on any atom is -0.497 e. The highest BCUT2D eigenvalue weighted by Gasteiger charge is 2.17. The SMILES string of the molecule is COc1ccc(OC)c(NC(=O)C(=O)Nc2ccc3nc[nH]c3c2)c1. The molecule has 0 aliphatic rings. The van der Waals surface area contributed by atoms with Crippen molar-refractivity contribution in [3.05, 3.63) is 42.7 Å². The standard InChI is InChI=1S/C17H16N4O4/c1-24-11-4-6-15(25-2)14(8-11)21-17(23)16(22)20-10-3-5-12-13(7-10)19-9-18-12/h3-9H,1-2H3,(H,18,19)(H,20,22)(H,21,23). The van der Waals surface area contributed by atoms with Gasteiger partial charge in [0.05, 0.1) is 37.3 Å². The van der Waals surface area contributed by atoms with Crippen LogP contribution in [0.4, 0.5) is 11.4 Å². The number of H-pyrrole nitrogens is 1. The lowest BCUT2D eigenvalue weighted by molar-refractivity contribution is -0.133. The number of anilines is 2. The number of aromatic amines is 1. The number of aromatic nitrogens is 2. The second-order valence-corrected chi connectivity index (χ2v) is 5.11. The average Bonchev–Trinajstić information content (AvgIpc) is 3.09. The molecule has 1 heterocycles. The first-order valence-electron chi connectivity index (χ1n) is 7.38. The van der Waals surface area contributed by atoms with E-state index >= 15 is 0 Å². The van der Waals surface area contributed by atoms with Crippen LogP contribution in [0.2, 0.25) is 0 Å². The highest BCUT2D eigenvalue weighted by Crippen LogP contribution is 2.28. The zero-order valence-electron chi connectivity index (χ0n) is 13.6. The van der Waals surface area contributed by atoms with Crippen molar-refractivity contribution in [1.29, 1.82) is 0 Å². The molecule has 0 fully saturated rings. The Kier molecular flexibility index (Phi) is 4.51. The fourth-order valence-corrected chi connectivity index (χ4v) is 2.29. The number of benzene rings is 2. The van der Waals surface area contributed by atoms with Gasteiger partial charge in [0.15, 0.2) is 0 Å². The van der Waals surface area contributed by atoms with Gasteiger partial charge in [0.1, 0.15) is 11.5 Å². The molecule has 0 unspecified atom stereocenters. The maximum Gasteiger partial charge on any atom is 0.314 e. The third-order valence-corrected chi connectivity index (χ3v) is 3.54. The van der Waals surface area contributed by atoms with E-state index in [1.54, 1.807) is 42.7 Å². The first-order chi connectivity index (χ1) is 12.1. The lowest BCUT2D eigenvalue weighted by Gasteiger charge is -2.11. The van der Waals surface area contributed by atoms with Crippen LogP contribution in [0.3, 0.4) is 0 Å². The van der Waals surface area contributed by atoms with Gasteiger partial charge in [-0.3, -0.25) is 9.59 Å². The van der Waals surface area contributed by atoms with Gasteiger partial charge >= 0.3 is 11.8 Å². The van der Waals surface area contributed by atoms with Gasteiger partial charge in [-0.1, -0.05) is 0 Å². The number of fused-ring (bicyclic) bond motifs is 1. The lowest BCUT2D eigenvalue weighted by Crippen LogP contribution is -2.29. The van der Waals surface area contributed by atoms with E-state index in [1.165, 1.54) is 14.2 Å². The average molecular weight is 340 g/mol. The molecule has 0 spiro atoms. The van der Waals surface area contributed by atoms with E-state index in [2.05, 4.69) is 20.6 Å². The van der Waals surface area contributed by atoms with Gasteiger partial charge in [0.2, 0.25) is 0 Å². The molecule has 0 aliphatic carbocycles. The third-order valence-electron chi connectivity index (χ3n) is 3.54. The van der Waals surface area contributed by atoms with E-state index in [0.29, 0.717) is 22.9 Å². The van der Waals surface area contributed by atoms with E-state index in [-0.39, 0.29) is 0 Å². The maximum atomic E-state index is 12.2. The van der Waals surface area contributed by atoms with E-state index < -0.39 is 11.8 Å². The molecule has 0 saturated heterocycles. The highest BCUT2D eigenvalue weighted by atomic mass is 16.5. The molecule has 1 aromatic heterocycles. The molecule has 8 nitrogen and oxygen atoms in total. The fourth-order valence-electron chi connectivity index (χ4n) is 2.29. The van der Waals surface area contributed by atoms with E-state index in [1.807, 2.05) is 0 Å².